The normalized spacial score (nSPS) is 18.3. The van der Waals surface area contributed by atoms with Gasteiger partial charge in [-0.15, -0.1) is 20.4 Å². The Bertz CT molecular complexity index is 1150. The van der Waals surface area contributed by atoms with Crippen molar-refractivity contribution in [2.24, 2.45) is 0 Å². The molecule has 0 bridgehead atoms. The van der Waals surface area contributed by atoms with Crippen molar-refractivity contribution in [2.45, 2.75) is 97.4 Å². The SMILES string of the molecule is CC(=O)c1nnc([C@@H]2CCCN2C(=O)OC(C)(C)C)s1.CC(C)(C)OC(=O)N1CCC[C@H]1c1nnc(C(=O)O)s1.O.S. The first-order valence-electron chi connectivity index (χ1n) is 13.0. The van der Waals surface area contributed by atoms with Crippen LogP contribution in [-0.2, 0) is 9.47 Å². The van der Waals surface area contributed by atoms with E-state index in [2.05, 4.69) is 20.4 Å². The van der Waals surface area contributed by atoms with Crippen molar-refractivity contribution in [2.75, 3.05) is 13.1 Å². The lowest BCUT2D eigenvalue weighted by Crippen LogP contribution is -2.36. The number of ether oxygens (including phenoxy) is 2. The topological polar surface area (TPSA) is 197 Å². The molecule has 2 aliphatic heterocycles. The van der Waals surface area contributed by atoms with Crippen LogP contribution in [0.2, 0.25) is 0 Å². The molecule has 17 heteroatoms. The van der Waals surface area contributed by atoms with Crippen molar-refractivity contribution in [3.05, 3.63) is 20.0 Å². The standard InChI is InChI=1S/C13H19N3O3S.C12H17N3O4S.H2O.H2S/c1-8(17)10-14-15-11(20-10)9-6-5-7-16(9)12(18)19-13(2,3)4;1-12(2,3)19-11(18)15-6-4-5-7(15)8-13-14-9(20-8)10(16)17;;/h9H,5-7H2,1-4H3;7H,4-6H2,1-3H3,(H,16,17);2*1H2/t9-;7-;;/m00../s1. The molecule has 2 saturated heterocycles. The van der Waals surface area contributed by atoms with Crippen LogP contribution in [0.1, 0.15) is 116 Å². The van der Waals surface area contributed by atoms with E-state index in [1.165, 1.54) is 18.3 Å². The summed E-state index contributed by atoms with van der Waals surface area (Å²) in [6.45, 7) is 13.6. The largest absolute Gasteiger partial charge is 0.476 e. The monoisotopic (exact) mass is 648 g/mol. The molecule has 0 spiro atoms. The minimum atomic E-state index is -1.10. The molecule has 0 aromatic carbocycles. The third kappa shape index (κ3) is 10.1. The van der Waals surface area contributed by atoms with Crippen LogP contribution in [0.25, 0.3) is 0 Å². The summed E-state index contributed by atoms with van der Waals surface area (Å²) in [5.41, 5.74) is -1.08. The van der Waals surface area contributed by atoms with Gasteiger partial charge in [-0.05, 0) is 67.2 Å². The second kappa shape index (κ2) is 15.0. The molecule has 0 aliphatic carbocycles. The Balaban J connectivity index is 0.000000401. The second-order valence-corrected chi connectivity index (χ2v) is 13.4. The number of Topliss-reactive ketones (excluding diaryl/α,β-unsaturated/α-hetero) is 1. The van der Waals surface area contributed by atoms with Crippen LogP contribution in [-0.4, -0.2) is 89.0 Å². The van der Waals surface area contributed by atoms with Crippen molar-refractivity contribution in [3.63, 3.8) is 0 Å². The Morgan fingerprint density at radius 3 is 1.45 bits per heavy atom. The Morgan fingerprint density at radius 1 is 0.762 bits per heavy atom. The molecule has 4 heterocycles. The van der Waals surface area contributed by atoms with Crippen LogP contribution in [0.4, 0.5) is 9.59 Å². The van der Waals surface area contributed by atoms with E-state index in [9.17, 15) is 19.2 Å². The third-order valence-corrected chi connectivity index (χ3v) is 7.83. The highest BCUT2D eigenvalue weighted by molar-refractivity contribution is 7.59. The number of rotatable bonds is 4. The van der Waals surface area contributed by atoms with Crippen molar-refractivity contribution >= 4 is 60.1 Å². The molecule has 2 aromatic heterocycles. The number of aromatic nitrogens is 4. The number of carbonyl (C=O) groups is 4. The lowest BCUT2D eigenvalue weighted by molar-refractivity contribution is 0.0213. The first-order valence-corrected chi connectivity index (χ1v) is 14.6. The van der Waals surface area contributed by atoms with Gasteiger partial charge in [0.1, 0.15) is 21.2 Å². The van der Waals surface area contributed by atoms with Crippen LogP contribution < -0.4 is 0 Å². The fraction of sp³-hybridized carbons (Fsp3) is 0.680. The highest BCUT2D eigenvalue weighted by atomic mass is 32.1. The van der Waals surface area contributed by atoms with Crippen LogP contribution >= 0.6 is 36.2 Å². The second-order valence-electron chi connectivity index (χ2n) is 11.4. The van der Waals surface area contributed by atoms with E-state index >= 15 is 0 Å². The minimum absolute atomic E-state index is 0. The van der Waals surface area contributed by atoms with E-state index < -0.39 is 23.3 Å². The predicted molar refractivity (Wildman–Crippen MR) is 161 cm³/mol. The van der Waals surface area contributed by atoms with Gasteiger partial charge in [0.25, 0.3) is 0 Å². The first-order chi connectivity index (χ1) is 18.6. The summed E-state index contributed by atoms with van der Waals surface area (Å²) in [6, 6.07) is -0.370. The summed E-state index contributed by atoms with van der Waals surface area (Å²) in [5, 5.41) is 25.9. The molecule has 3 N–H and O–H groups in total. The van der Waals surface area contributed by atoms with E-state index in [0.29, 0.717) is 28.1 Å². The van der Waals surface area contributed by atoms with Crippen molar-refractivity contribution in [3.8, 4) is 0 Å². The molecule has 42 heavy (non-hydrogen) atoms. The maximum absolute atomic E-state index is 12.2. The minimum Gasteiger partial charge on any atom is -0.476 e. The number of likely N-dealkylation sites (tertiary alicyclic amines) is 2. The summed E-state index contributed by atoms with van der Waals surface area (Å²) in [6.07, 6.45) is 2.58. The molecule has 0 radical (unpaired) electrons. The van der Waals surface area contributed by atoms with Gasteiger partial charge in [-0.25, -0.2) is 14.4 Å². The summed E-state index contributed by atoms with van der Waals surface area (Å²) < 4.78 is 10.8. The Labute approximate surface area is 259 Å². The molecular formula is C25H40N6O8S3. The summed E-state index contributed by atoms with van der Waals surface area (Å²) in [5.74, 6) is -1.20. The van der Waals surface area contributed by atoms with Gasteiger partial charge in [-0.2, -0.15) is 13.5 Å². The zero-order valence-corrected chi connectivity index (χ0v) is 27.4. The highest BCUT2D eigenvalue weighted by Crippen LogP contribution is 2.36. The molecule has 2 aromatic rings. The molecule has 0 saturated carbocycles. The quantitative estimate of drug-likeness (QED) is 0.461. The number of carbonyl (C=O) groups excluding carboxylic acids is 3. The maximum Gasteiger partial charge on any atom is 0.410 e. The molecule has 4 rings (SSSR count). The van der Waals surface area contributed by atoms with Crippen molar-refractivity contribution in [1.82, 2.24) is 30.2 Å². The zero-order chi connectivity index (χ0) is 29.8. The van der Waals surface area contributed by atoms with Crippen LogP contribution in [0.15, 0.2) is 0 Å². The van der Waals surface area contributed by atoms with Crippen LogP contribution in [0.5, 0.6) is 0 Å². The van der Waals surface area contributed by atoms with E-state index in [1.54, 1.807) is 9.80 Å². The molecule has 2 aliphatic rings. The van der Waals surface area contributed by atoms with Gasteiger partial charge in [-0.3, -0.25) is 14.6 Å². The van der Waals surface area contributed by atoms with Gasteiger partial charge >= 0.3 is 18.2 Å². The number of carboxylic acid groups (broad SMARTS) is 1. The van der Waals surface area contributed by atoms with E-state index in [0.717, 1.165) is 37.0 Å². The summed E-state index contributed by atoms with van der Waals surface area (Å²) >= 11 is 2.26. The third-order valence-electron chi connectivity index (χ3n) is 5.70. The van der Waals surface area contributed by atoms with Crippen LogP contribution in [0.3, 0.4) is 0 Å². The summed E-state index contributed by atoms with van der Waals surface area (Å²) in [7, 11) is 0. The molecule has 0 unspecified atom stereocenters. The van der Waals surface area contributed by atoms with Gasteiger partial charge < -0.3 is 20.1 Å². The Morgan fingerprint density at radius 2 is 1.14 bits per heavy atom. The van der Waals surface area contributed by atoms with Crippen molar-refractivity contribution < 1.29 is 39.2 Å². The summed E-state index contributed by atoms with van der Waals surface area (Å²) in [4.78, 5) is 49.7. The lowest BCUT2D eigenvalue weighted by atomic mass is 10.2. The lowest BCUT2D eigenvalue weighted by Gasteiger charge is -2.27. The number of aromatic carboxylic acids is 1. The number of hydrogen-bond acceptors (Lipinski definition) is 12. The first kappa shape index (κ1) is 37.1. The number of carboxylic acids is 1. The van der Waals surface area contributed by atoms with E-state index in [-0.39, 0.29) is 47.9 Å². The maximum atomic E-state index is 12.2. The average Bonchev–Trinajstić information content (AvgIpc) is 3.62. The Hall–Kier alpha value is -2.89. The molecule has 14 nitrogen and oxygen atoms in total. The van der Waals surface area contributed by atoms with Gasteiger partial charge in [0, 0.05) is 20.0 Å². The fourth-order valence-electron chi connectivity index (χ4n) is 4.09. The van der Waals surface area contributed by atoms with Crippen molar-refractivity contribution in [1.29, 1.82) is 0 Å². The number of nitrogens with zero attached hydrogens (tertiary/aromatic N) is 6. The van der Waals surface area contributed by atoms with E-state index in [4.69, 9.17) is 14.6 Å². The van der Waals surface area contributed by atoms with Crippen LogP contribution in [0, 0.1) is 0 Å². The molecular weight excluding hydrogens is 609 g/mol. The fourth-order valence-corrected chi connectivity index (χ4v) is 5.81. The molecule has 2 atom stereocenters. The molecule has 236 valence electrons. The average molecular weight is 649 g/mol. The zero-order valence-electron chi connectivity index (χ0n) is 24.8. The molecule has 2 fully saturated rings. The van der Waals surface area contributed by atoms with Gasteiger partial charge in [-0.1, -0.05) is 22.7 Å². The van der Waals surface area contributed by atoms with Gasteiger partial charge in [0.05, 0.1) is 12.1 Å². The van der Waals surface area contributed by atoms with Gasteiger partial charge in [0.15, 0.2) is 10.8 Å². The van der Waals surface area contributed by atoms with Gasteiger partial charge in [0.2, 0.25) is 5.01 Å². The highest BCUT2D eigenvalue weighted by Gasteiger charge is 2.36. The Kier molecular flexibility index (Phi) is 13.3. The number of hydrogen-bond donors (Lipinski definition) is 1. The number of ketones is 1. The predicted octanol–water partition coefficient (Wildman–Crippen LogP) is 4.41. The smallest absolute Gasteiger partial charge is 0.410 e. The van der Waals surface area contributed by atoms with E-state index in [1.807, 2.05) is 41.5 Å². The number of amides is 2. The molecule has 2 amide bonds.